The highest BCUT2D eigenvalue weighted by atomic mass is 16.2. The topological polar surface area (TPSA) is 52.7 Å². The average molecular weight is 253 g/mol. The van der Waals surface area contributed by atoms with Crippen LogP contribution >= 0.6 is 0 Å². The molecule has 2 rings (SSSR count). The van der Waals surface area contributed by atoms with Crippen molar-refractivity contribution in [2.24, 2.45) is 5.92 Å². The van der Waals surface area contributed by atoms with Crippen molar-refractivity contribution in [3.63, 3.8) is 0 Å². The number of amides is 2. The van der Waals surface area contributed by atoms with E-state index in [2.05, 4.69) is 12.2 Å². The minimum atomic E-state index is 0.0410. The molecule has 2 amide bonds. The highest BCUT2D eigenvalue weighted by molar-refractivity contribution is 5.86. The van der Waals surface area contributed by atoms with Crippen LogP contribution in [0.3, 0.4) is 0 Å². The number of hydrogen-bond donors (Lipinski definition) is 1. The Morgan fingerprint density at radius 2 is 2.22 bits per heavy atom. The van der Waals surface area contributed by atoms with Gasteiger partial charge in [-0.1, -0.05) is 6.92 Å². The first-order valence-corrected chi connectivity index (χ1v) is 6.83. The Kier molecular flexibility index (Phi) is 4.22. The first-order chi connectivity index (χ1) is 8.58. The van der Waals surface area contributed by atoms with Crippen molar-refractivity contribution >= 4 is 11.8 Å². The third-order valence-corrected chi connectivity index (χ3v) is 4.13. The summed E-state index contributed by atoms with van der Waals surface area (Å²) in [5.41, 5.74) is 0. The summed E-state index contributed by atoms with van der Waals surface area (Å²) in [5, 5.41) is 3.42. The van der Waals surface area contributed by atoms with Gasteiger partial charge in [-0.2, -0.15) is 0 Å². The maximum absolute atomic E-state index is 12.2. The maximum atomic E-state index is 12.2. The molecule has 0 spiro atoms. The fraction of sp³-hybridized carbons (Fsp3) is 0.846. The van der Waals surface area contributed by atoms with Gasteiger partial charge in [-0.15, -0.1) is 0 Å². The maximum Gasteiger partial charge on any atom is 0.241 e. The molecule has 1 N–H and O–H groups in total. The van der Waals surface area contributed by atoms with E-state index >= 15 is 0 Å². The molecule has 5 heteroatoms. The van der Waals surface area contributed by atoms with E-state index in [-0.39, 0.29) is 24.4 Å². The van der Waals surface area contributed by atoms with Gasteiger partial charge in [0.2, 0.25) is 11.8 Å². The summed E-state index contributed by atoms with van der Waals surface area (Å²) in [4.78, 5) is 27.1. The molecule has 2 saturated heterocycles. The Hall–Kier alpha value is -1.10. The largest absolute Gasteiger partial charge is 0.342 e. The van der Waals surface area contributed by atoms with E-state index < -0.39 is 0 Å². The quantitative estimate of drug-likeness (QED) is 0.757. The summed E-state index contributed by atoms with van der Waals surface area (Å²) in [6, 6.07) is 0.279. The van der Waals surface area contributed by atoms with Crippen LogP contribution in [0.1, 0.15) is 26.2 Å². The van der Waals surface area contributed by atoms with Crippen molar-refractivity contribution in [3.8, 4) is 0 Å². The second-order valence-corrected chi connectivity index (χ2v) is 5.51. The number of likely N-dealkylation sites (N-methyl/N-ethyl adjacent to an activating group) is 1. The minimum absolute atomic E-state index is 0.0410. The molecule has 0 saturated carbocycles. The zero-order chi connectivity index (χ0) is 13.1. The van der Waals surface area contributed by atoms with Crippen molar-refractivity contribution in [1.29, 1.82) is 0 Å². The van der Waals surface area contributed by atoms with Gasteiger partial charge in [-0.25, -0.2) is 0 Å². The number of nitrogens with zero attached hydrogens (tertiary/aromatic N) is 2. The third kappa shape index (κ3) is 3.02. The molecule has 0 aromatic rings. The summed E-state index contributed by atoms with van der Waals surface area (Å²) in [6.45, 7) is 4.76. The van der Waals surface area contributed by atoms with Gasteiger partial charge in [-0.05, 0) is 25.3 Å². The molecule has 0 aromatic heterocycles. The van der Waals surface area contributed by atoms with Crippen molar-refractivity contribution < 1.29 is 9.59 Å². The van der Waals surface area contributed by atoms with E-state index in [1.807, 2.05) is 0 Å². The molecular formula is C13H23N3O2. The smallest absolute Gasteiger partial charge is 0.241 e. The lowest BCUT2D eigenvalue weighted by atomic mass is 9.90. The molecular weight excluding hydrogens is 230 g/mol. The van der Waals surface area contributed by atoms with Crippen LogP contribution in [-0.4, -0.2) is 60.9 Å². The summed E-state index contributed by atoms with van der Waals surface area (Å²) < 4.78 is 0. The van der Waals surface area contributed by atoms with Crippen LogP contribution in [0.4, 0.5) is 0 Å². The van der Waals surface area contributed by atoms with Gasteiger partial charge in [0.1, 0.15) is 0 Å². The molecule has 18 heavy (non-hydrogen) atoms. The second kappa shape index (κ2) is 5.69. The van der Waals surface area contributed by atoms with Gasteiger partial charge in [0.25, 0.3) is 0 Å². The molecule has 0 radical (unpaired) electrons. The Morgan fingerprint density at radius 3 is 2.89 bits per heavy atom. The van der Waals surface area contributed by atoms with Crippen LogP contribution in [0, 0.1) is 5.92 Å². The van der Waals surface area contributed by atoms with Gasteiger partial charge < -0.3 is 15.1 Å². The molecule has 0 bridgehead atoms. The van der Waals surface area contributed by atoms with E-state index in [0.717, 1.165) is 6.54 Å². The lowest BCUT2D eigenvalue weighted by Gasteiger charge is -2.35. The molecule has 102 valence electrons. The van der Waals surface area contributed by atoms with Gasteiger partial charge in [-0.3, -0.25) is 9.59 Å². The molecule has 0 aliphatic carbocycles. The van der Waals surface area contributed by atoms with Crippen LogP contribution in [0.15, 0.2) is 0 Å². The Labute approximate surface area is 108 Å². The van der Waals surface area contributed by atoms with Crippen LogP contribution in [0.25, 0.3) is 0 Å². The molecule has 5 nitrogen and oxygen atoms in total. The number of carbonyl (C=O) groups is 2. The predicted molar refractivity (Wildman–Crippen MR) is 69.0 cm³/mol. The number of carbonyl (C=O) groups excluding carboxylic acids is 2. The molecule has 2 aliphatic heterocycles. The van der Waals surface area contributed by atoms with Crippen LogP contribution in [0.2, 0.25) is 0 Å². The van der Waals surface area contributed by atoms with E-state index in [1.54, 1.807) is 16.8 Å². The summed E-state index contributed by atoms with van der Waals surface area (Å²) >= 11 is 0. The number of nitrogens with one attached hydrogen (secondary N) is 1. The number of piperazine rings is 1. The van der Waals surface area contributed by atoms with Crippen molar-refractivity contribution in [1.82, 2.24) is 15.1 Å². The summed E-state index contributed by atoms with van der Waals surface area (Å²) in [5.74, 6) is 0.702. The number of rotatable bonds is 2. The average Bonchev–Trinajstić information content (AvgIpc) is 2.35. The SMILES string of the molecule is CC1CCCNC1CC(=O)N1CCN(C)C(=O)C1. The Morgan fingerprint density at radius 1 is 1.44 bits per heavy atom. The first-order valence-electron chi connectivity index (χ1n) is 6.83. The molecule has 2 heterocycles. The standard InChI is InChI=1S/C13H23N3O2/c1-10-4-3-5-14-11(10)8-12(17)16-7-6-15(2)13(18)9-16/h10-11,14H,3-9H2,1-2H3. The molecule has 2 atom stereocenters. The third-order valence-electron chi connectivity index (χ3n) is 4.13. The molecule has 2 aliphatic rings. The second-order valence-electron chi connectivity index (χ2n) is 5.51. The Bertz CT molecular complexity index is 332. The zero-order valence-electron chi connectivity index (χ0n) is 11.3. The lowest BCUT2D eigenvalue weighted by Crippen LogP contribution is -2.52. The fourth-order valence-electron chi connectivity index (χ4n) is 2.68. The van der Waals surface area contributed by atoms with Crippen LogP contribution < -0.4 is 5.32 Å². The Balaban J connectivity index is 1.86. The van der Waals surface area contributed by atoms with Crippen LogP contribution in [0.5, 0.6) is 0 Å². The van der Waals surface area contributed by atoms with E-state index in [0.29, 0.717) is 25.4 Å². The first kappa shape index (κ1) is 13.3. The van der Waals surface area contributed by atoms with Gasteiger partial charge in [0.05, 0.1) is 6.54 Å². The van der Waals surface area contributed by atoms with E-state index in [9.17, 15) is 9.59 Å². The highest BCUT2D eigenvalue weighted by Gasteiger charge is 2.29. The molecule has 2 unspecified atom stereocenters. The van der Waals surface area contributed by atoms with Crippen molar-refractivity contribution in [2.45, 2.75) is 32.2 Å². The van der Waals surface area contributed by atoms with Gasteiger partial charge >= 0.3 is 0 Å². The number of hydrogen-bond acceptors (Lipinski definition) is 3. The molecule has 0 aromatic carbocycles. The monoisotopic (exact) mass is 253 g/mol. The van der Waals surface area contributed by atoms with Crippen LogP contribution in [-0.2, 0) is 9.59 Å². The summed E-state index contributed by atoms with van der Waals surface area (Å²) in [7, 11) is 1.79. The number of piperidine rings is 1. The van der Waals surface area contributed by atoms with E-state index in [1.165, 1.54) is 12.8 Å². The normalized spacial score (nSPS) is 29.6. The van der Waals surface area contributed by atoms with E-state index in [4.69, 9.17) is 0 Å². The van der Waals surface area contributed by atoms with Crippen molar-refractivity contribution in [2.75, 3.05) is 33.2 Å². The highest BCUT2D eigenvalue weighted by Crippen LogP contribution is 2.19. The van der Waals surface area contributed by atoms with Gasteiger partial charge in [0, 0.05) is 32.6 Å². The van der Waals surface area contributed by atoms with Crippen molar-refractivity contribution in [3.05, 3.63) is 0 Å². The minimum Gasteiger partial charge on any atom is -0.342 e. The molecule has 2 fully saturated rings. The fourth-order valence-corrected chi connectivity index (χ4v) is 2.68. The lowest BCUT2D eigenvalue weighted by molar-refractivity contribution is -0.144. The predicted octanol–water partition coefficient (Wildman–Crippen LogP) is 0.0652. The zero-order valence-corrected chi connectivity index (χ0v) is 11.3. The van der Waals surface area contributed by atoms with Gasteiger partial charge in [0.15, 0.2) is 0 Å². The summed E-state index contributed by atoms with van der Waals surface area (Å²) in [6.07, 6.45) is 2.91.